The molecule has 0 saturated carbocycles. The van der Waals surface area contributed by atoms with Gasteiger partial charge in [0.1, 0.15) is 0 Å². The van der Waals surface area contributed by atoms with Crippen LogP contribution in [0.3, 0.4) is 0 Å². The molecular weight excluding hydrogens is 300 g/mol. The van der Waals surface area contributed by atoms with E-state index in [1.165, 1.54) is 35.0 Å². The lowest BCUT2D eigenvalue weighted by atomic mass is 9.97. The Morgan fingerprint density at radius 2 is 2.21 bits per heavy atom. The predicted octanol–water partition coefficient (Wildman–Crippen LogP) is 4.11. The zero-order valence-corrected chi connectivity index (χ0v) is 13.8. The Kier molecular flexibility index (Phi) is 5.28. The average Bonchev–Trinajstić information content (AvgIpc) is 2.40. The number of nitrogens with zero attached hydrogens (tertiary/aromatic N) is 1. The lowest BCUT2D eigenvalue weighted by Gasteiger charge is -2.40. The number of aryl methyl sites for hydroxylation is 1. The minimum absolute atomic E-state index is 0.615. The molecule has 1 saturated heterocycles. The summed E-state index contributed by atoms with van der Waals surface area (Å²) in [4.78, 5) is 2.55. The molecule has 2 rings (SSSR count). The standard InChI is InChI=1S/C16H25BrN2/c1-4-8-18-14-7-9-19(13(3)11-14)15-5-6-16(17)12(2)10-15/h5-6,10,13-14,18H,4,7-9,11H2,1-3H3. The van der Waals surface area contributed by atoms with Crippen LogP contribution in [0.2, 0.25) is 0 Å². The lowest BCUT2D eigenvalue weighted by molar-refractivity contribution is 0.369. The van der Waals surface area contributed by atoms with E-state index in [1.54, 1.807) is 0 Å². The molecule has 1 aromatic carbocycles. The van der Waals surface area contributed by atoms with Crippen molar-refractivity contribution in [3.05, 3.63) is 28.2 Å². The summed E-state index contributed by atoms with van der Waals surface area (Å²) in [6, 6.07) is 8.00. The highest BCUT2D eigenvalue weighted by molar-refractivity contribution is 9.10. The van der Waals surface area contributed by atoms with Crippen LogP contribution in [0.25, 0.3) is 0 Å². The highest BCUT2D eigenvalue weighted by Gasteiger charge is 2.25. The van der Waals surface area contributed by atoms with Crippen molar-refractivity contribution in [2.24, 2.45) is 0 Å². The number of hydrogen-bond donors (Lipinski definition) is 1. The number of halogens is 1. The molecule has 1 aromatic rings. The number of rotatable bonds is 4. The Morgan fingerprint density at radius 1 is 1.42 bits per heavy atom. The van der Waals surface area contributed by atoms with Gasteiger partial charge in [-0.2, -0.15) is 0 Å². The summed E-state index contributed by atoms with van der Waals surface area (Å²) in [6.07, 6.45) is 3.72. The highest BCUT2D eigenvalue weighted by Crippen LogP contribution is 2.28. The van der Waals surface area contributed by atoms with Crippen molar-refractivity contribution in [3.8, 4) is 0 Å². The van der Waals surface area contributed by atoms with Gasteiger partial charge in [0.2, 0.25) is 0 Å². The molecule has 1 aliphatic heterocycles. The van der Waals surface area contributed by atoms with Crippen LogP contribution in [0.1, 0.15) is 38.7 Å². The van der Waals surface area contributed by atoms with Crippen LogP contribution in [-0.4, -0.2) is 25.2 Å². The molecule has 1 fully saturated rings. The average molecular weight is 325 g/mol. The second-order valence-electron chi connectivity index (χ2n) is 5.65. The van der Waals surface area contributed by atoms with E-state index in [2.05, 4.69) is 65.1 Å². The van der Waals surface area contributed by atoms with E-state index < -0.39 is 0 Å². The van der Waals surface area contributed by atoms with Gasteiger partial charge in [-0.15, -0.1) is 0 Å². The summed E-state index contributed by atoms with van der Waals surface area (Å²) < 4.78 is 1.20. The Morgan fingerprint density at radius 3 is 2.84 bits per heavy atom. The van der Waals surface area contributed by atoms with Gasteiger partial charge in [0, 0.05) is 28.8 Å². The maximum atomic E-state index is 3.66. The summed E-state index contributed by atoms with van der Waals surface area (Å²) in [5, 5.41) is 3.66. The first-order chi connectivity index (χ1) is 9.11. The third kappa shape index (κ3) is 3.73. The smallest absolute Gasteiger partial charge is 0.0372 e. The normalized spacial score (nSPS) is 23.7. The van der Waals surface area contributed by atoms with Gasteiger partial charge in [-0.05, 0) is 63.4 Å². The van der Waals surface area contributed by atoms with Gasteiger partial charge >= 0.3 is 0 Å². The molecule has 106 valence electrons. The van der Waals surface area contributed by atoms with Gasteiger partial charge in [0.15, 0.2) is 0 Å². The quantitative estimate of drug-likeness (QED) is 0.896. The Labute approximate surface area is 125 Å². The van der Waals surface area contributed by atoms with Crippen LogP contribution in [0, 0.1) is 6.92 Å². The van der Waals surface area contributed by atoms with Crippen molar-refractivity contribution >= 4 is 21.6 Å². The molecule has 0 radical (unpaired) electrons. The van der Waals surface area contributed by atoms with E-state index in [1.807, 2.05) is 0 Å². The van der Waals surface area contributed by atoms with Crippen LogP contribution in [0.5, 0.6) is 0 Å². The first-order valence-electron chi connectivity index (χ1n) is 7.38. The van der Waals surface area contributed by atoms with Crippen molar-refractivity contribution in [3.63, 3.8) is 0 Å². The Bertz CT molecular complexity index is 419. The maximum absolute atomic E-state index is 3.66. The van der Waals surface area contributed by atoms with Gasteiger partial charge in [-0.25, -0.2) is 0 Å². The van der Waals surface area contributed by atoms with E-state index in [9.17, 15) is 0 Å². The molecule has 0 spiro atoms. The number of hydrogen-bond acceptors (Lipinski definition) is 2. The van der Waals surface area contributed by atoms with Crippen LogP contribution in [0.15, 0.2) is 22.7 Å². The van der Waals surface area contributed by atoms with Gasteiger partial charge in [-0.1, -0.05) is 22.9 Å². The van der Waals surface area contributed by atoms with Gasteiger partial charge < -0.3 is 10.2 Å². The van der Waals surface area contributed by atoms with Crippen molar-refractivity contribution in [1.29, 1.82) is 0 Å². The fraction of sp³-hybridized carbons (Fsp3) is 0.625. The molecule has 3 heteroatoms. The van der Waals surface area contributed by atoms with Crippen LogP contribution in [0.4, 0.5) is 5.69 Å². The topological polar surface area (TPSA) is 15.3 Å². The Hall–Kier alpha value is -0.540. The zero-order valence-electron chi connectivity index (χ0n) is 12.2. The third-order valence-electron chi connectivity index (χ3n) is 4.03. The number of piperidine rings is 1. The van der Waals surface area contributed by atoms with Gasteiger partial charge in [0.05, 0.1) is 0 Å². The fourth-order valence-electron chi connectivity index (χ4n) is 2.90. The number of benzene rings is 1. The van der Waals surface area contributed by atoms with Crippen molar-refractivity contribution in [2.75, 3.05) is 18.0 Å². The predicted molar refractivity (Wildman–Crippen MR) is 87.0 cm³/mol. The molecule has 1 N–H and O–H groups in total. The highest BCUT2D eigenvalue weighted by atomic mass is 79.9. The fourth-order valence-corrected chi connectivity index (χ4v) is 3.14. The molecule has 19 heavy (non-hydrogen) atoms. The van der Waals surface area contributed by atoms with Gasteiger partial charge in [0.25, 0.3) is 0 Å². The monoisotopic (exact) mass is 324 g/mol. The van der Waals surface area contributed by atoms with Crippen molar-refractivity contribution < 1.29 is 0 Å². The van der Waals surface area contributed by atoms with E-state index in [0.29, 0.717) is 12.1 Å². The molecular formula is C16H25BrN2. The van der Waals surface area contributed by atoms with E-state index >= 15 is 0 Å². The van der Waals surface area contributed by atoms with E-state index in [0.717, 1.165) is 13.1 Å². The molecule has 1 aliphatic rings. The van der Waals surface area contributed by atoms with E-state index in [4.69, 9.17) is 0 Å². The van der Waals surface area contributed by atoms with E-state index in [-0.39, 0.29) is 0 Å². The van der Waals surface area contributed by atoms with Crippen LogP contribution in [-0.2, 0) is 0 Å². The summed E-state index contributed by atoms with van der Waals surface area (Å²) in [7, 11) is 0. The first-order valence-corrected chi connectivity index (χ1v) is 8.17. The zero-order chi connectivity index (χ0) is 13.8. The second kappa shape index (κ2) is 6.76. The van der Waals surface area contributed by atoms with Crippen molar-refractivity contribution in [2.45, 2.75) is 52.1 Å². The SMILES string of the molecule is CCCNC1CCN(c2ccc(Br)c(C)c2)C(C)C1. The van der Waals surface area contributed by atoms with Crippen LogP contribution < -0.4 is 10.2 Å². The molecule has 0 amide bonds. The molecule has 1 heterocycles. The summed E-state index contributed by atoms with van der Waals surface area (Å²) in [6.45, 7) is 9.04. The molecule has 0 aromatic heterocycles. The molecule has 0 aliphatic carbocycles. The molecule has 2 nitrogen and oxygen atoms in total. The minimum atomic E-state index is 0.615. The molecule has 2 unspecified atom stereocenters. The summed E-state index contributed by atoms with van der Waals surface area (Å²) in [5.41, 5.74) is 2.68. The largest absolute Gasteiger partial charge is 0.369 e. The lowest BCUT2D eigenvalue weighted by Crippen LogP contribution is -2.47. The minimum Gasteiger partial charge on any atom is -0.369 e. The maximum Gasteiger partial charge on any atom is 0.0372 e. The first kappa shape index (κ1) is 14.9. The Balaban J connectivity index is 2.01. The number of nitrogens with one attached hydrogen (secondary N) is 1. The van der Waals surface area contributed by atoms with Gasteiger partial charge in [-0.3, -0.25) is 0 Å². The number of anilines is 1. The summed E-state index contributed by atoms with van der Waals surface area (Å²) >= 11 is 3.58. The third-order valence-corrected chi connectivity index (χ3v) is 4.92. The van der Waals surface area contributed by atoms with Crippen LogP contribution >= 0.6 is 15.9 Å². The molecule has 0 bridgehead atoms. The summed E-state index contributed by atoms with van der Waals surface area (Å²) in [5.74, 6) is 0. The second-order valence-corrected chi connectivity index (χ2v) is 6.51. The van der Waals surface area contributed by atoms with Crippen molar-refractivity contribution in [1.82, 2.24) is 5.32 Å². The molecule has 2 atom stereocenters.